The molecule has 3 heteroatoms. The fourth-order valence-corrected chi connectivity index (χ4v) is 1.64. The Labute approximate surface area is 89.9 Å². The van der Waals surface area contributed by atoms with Gasteiger partial charge in [-0.2, -0.15) is 0 Å². The Hall–Kier alpha value is -1.35. The highest BCUT2D eigenvalue weighted by Crippen LogP contribution is 2.11. The van der Waals surface area contributed by atoms with Crippen molar-refractivity contribution in [3.63, 3.8) is 0 Å². The van der Waals surface area contributed by atoms with E-state index in [9.17, 15) is 0 Å². The third-order valence-corrected chi connectivity index (χ3v) is 2.45. The van der Waals surface area contributed by atoms with Crippen LogP contribution in [0.4, 0.5) is 0 Å². The molecule has 0 aliphatic carbocycles. The van der Waals surface area contributed by atoms with Gasteiger partial charge in [0.05, 0.1) is 17.4 Å². The molecule has 0 atom stereocenters. The zero-order valence-corrected chi connectivity index (χ0v) is 9.25. The van der Waals surface area contributed by atoms with Crippen LogP contribution in [-0.4, -0.2) is 22.6 Å². The summed E-state index contributed by atoms with van der Waals surface area (Å²) in [5, 5.41) is 3.41. The minimum Gasteiger partial charge on any atom is -0.345 e. The van der Waals surface area contributed by atoms with E-state index >= 15 is 0 Å². The lowest BCUT2D eigenvalue weighted by atomic mass is 10.1. The van der Waals surface area contributed by atoms with Gasteiger partial charge in [0, 0.05) is 6.04 Å². The van der Waals surface area contributed by atoms with E-state index < -0.39 is 0 Å². The van der Waals surface area contributed by atoms with Crippen LogP contribution in [0.1, 0.15) is 19.4 Å². The largest absolute Gasteiger partial charge is 0.345 e. The lowest BCUT2D eigenvalue weighted by Gasteiger charge is -2.07. The molecule has 0 amide bonds. The van der Waals surface area contributed by atoms with E-state index in [0.29, 0.717) is 6.04 Å². The Morgan fingerprint density at radius 2 is 2.27 bits per heavy atom. The molecule has 2 N–H and O–H groups in total. The summed E-state index contributed by atoms with van der Waals surface area (Å²) >= 11 is 0. The topological polar surface area (TPSA) is 40.7 Å². The SMILES string of the molecule is CC(C)NCCc1ccc2nc[nH]c2c1. The molecule has 0 aliphatic rings. The van der Waals surface area contributed by atoms with Gasteiger partial charge >= 0.3 is 0 Å². The first-order valence-electron chi connectivity index (χ1n) is 5.41. The molecule has 80 valence electrons. The molecule has 1 aromatic carbocycles. The first kappa shape index (κ1) is 10.2. The molecule has 0 bridgehead atoms. The van der Waals surface area contributed by atoms with Gasteiger partial charge in [-0.25, -0.2) is 4.98 Å². The van der Waals surface area contributed by atoms with Crippen molar-refractivity contribution in [1.29, 1.82) is 0 Å². The lowest BCUT2D eigenvalue weighted by molar-refractivity contribution is 0.590. The molecule has 0 spiro atoms. The standard InChI is InChI=1S/C12H17N3/c1-9(2)13-6-5-10-3-4-11-12(7-10)15-8-14-11/h3-4,7-9,13H,5-6H2,1-2H3,(H,14,15). The number of hydrogen-bond donors (Lipinski definition) is 2. The summed E-state index contributed by atoms with van der Waals surface area (Å²) in [7, 11) is 0. The van der Waals surface area contributed by atoms with Crippen molar-refractivity contribution in [1.82, 2.24) is 15.3 Å². The van der Waals surface area contributed by atoms with E-state index in [1.807, 2.05) is 0 Å². The maximum Gasteiger partial charge on any atom is 0.0931 e. The van der Waals surface area contributed by atoms with Crippen LogP contribution in [0.15, 0.2) is 24.5 Å². The molecular weight excluding hydrogens is 186 g/mol. The van der Waals surface area contributed by atoms with E-state index in [1.165, 1.54) is 5.56 Å². The number of rotatable bonds is 4. The lowest BCUT2D eigenvalue weighted by Crippen LogP contribution is -2.24. The maximum absolute atomic E-state index is 4.20. The molecule has 2 rings (SSSR count). The predicted molar refractivity (Wildman–Crippen MR) is 62.9 cm³/mol. The van der Waals surface area contributed by atoms with Crippen LogP contribution in [0.5, 0.6) is 0 Å². The van der Waals surface area contributed by atoms with E-state index in [1.54, 1.807) is 6.33 Å². The van der Waals surface area contributed by atoms with E-state index in [-0.39, 0.29) is 0 Å². The molecule has 1 aromatic heterocycles. The molecule has 0 saturated carbocycles. The van der Waals surface area contributed by atoms with Crippen molar-refractivity contribution in [2.24, 2.45) is 0 Å². The Kier molecular flexibility index (Phi) is 3.02. The summed E-state index contributed by atoms with van der Waals surface area (Å²) in [6.45, 7) is 5.35. The number of fused-ring (bicyclic) bond motifs is 1. The number of aromatic amines is 1. The summed E-state index contributed by atoms with van der Waals surface area (Å²) in [5.74, 6) is 0. The summed E-state index contributed by atoms with van der Waals surface area (Å²) in [6.07, 6.45) is 2.80. The third-order valence-electron chi connectivity index (χ3n) is 2.45. The summed E-state index contributed by atoms with van der Waals surface area (Å²) in [4.78, 5) is 7.32. The summed E-state index contributed by atoms with van der Waals surface area (Å²) in [5.41, 5.74) is 3.51. The maximum atomic E-state index is 4.20. The van der Waals surface area contributed by atoms with Crippen LogP contribution in [0.2, 0.25) is 0 Å². The zero-order valence-electron chi connectivity index (χ0n) is 9.25. The highest BCUT2D eigenvalue weighted by atomic mass is 14.9. The van der Waals surface area contributed by atoms with Gasteiger partial charge in [0.25, 0.3) is 0 Å². The third kappa shape index (κ3) is 2.57. The van der Waals surface area contributed by atoms with E-state index in [2.05, 4.69) is 47.3 Å². The number of hydrogen-bond acceptors (Lipinski definition) is 2. The minimum absolute atomic E-state index is 0.556. The highest BCUT2D eigenvalue weighted by Gasteiger charge is 1.98. The van der Waals surface area contributed by atoms with Crippen LogP contribution >= 0.6 is 0 Å². The molecule has 0 radical (unpaired) electrons. The average molecular weight is 203 g/mol. The van der Waals surface area contributed by atoms with Crippen LogP contribution in [-0.2, 0) is 6.42 Å². The molecule has 0 unspecified atom stereocenters. The van der Waals surface area contributed by atoms with Crippen molar-refractivity contribution in [2.75, 3.05) is 6.54 Å². The summed E-state index contributed by atoms with van der Waals surface area (Å²) in [6, 6.07) is 6.94. The number of imidazole rings is 1. The Balaban J connectivity index is 2.02. The van der Waals surface area contributed by atoms with Crippen LogP contribution in [0.25, 0.3) is 11.0 Å². The molecule has 1 heterocycles. The highest BCUT2D eigenvalue weighted by molar-refractivity contribution is 5.74. The summed E-state index contributed by atoms with van der Waals surface area (Å²) < 4.78 is 0. The zero-order chi connectivity index (χ0) is 10.7. The molecule has 0 saturated heterocycles. The Morgan fingerprint density at radius 3 is 3.07 bits per heavy atom. The molecule has 3 nitrogen and oxygen atoms in total. The van der Waals surface area contributed by atoms with Gasteiger partial charge in [-0.15, -0.1) is 0 Å². The van der Waals surface area contributed by atoms with Gasteiger partial charge in [0.15, 0.2) is 0 Å². The van der Waals surface area contributed by atoms with Crippen molar-refractivity contribution in [3.8, 4) is 0 Å². The smallest absolute Gasteiger partial charge is 0.0931 e. The molecule has 2 aromatic rings. The van der Waals surface area contributed by atoms with E-state index in [0.717, 1.165) is 24.0 Å². The van der Waals surface area contributed by atoms with E-state index in [4.69, 9.17) is 0 Å². The minimum atomic E-state index is 0.556. The second-order valence-electron chi connectivity index (χ2n) is 4.11. The van der Waals surface area contributed by atoms with Gasteiger partial charge in [-0.05, 0) is 30.7 Å². The normalized spacial score (nSPS) is 11.4. The van der Waals surface area contributed by atoms with Crippen molar-refractivity contribution < 1.29 is 0 Å². The Bertz CT molecular complexity index is 431. The Morgan fingerprint density at radius 1 is 1.40 bits per heavy atom. The van der Waals surface area contributed by atoms with Crippen LogP contribution < -0.4 is 5.32 Å². The van der Waals surface area contributed by atoms with Gasteiger partial charge < -0.3 is 10.3 Å². The van der Waals surface area contributed by atoms with Crippen LogP contribution in [0.3, 0.4) is 0 Å². The number of H-pyrrole nitrogens is 1. The average Bonchev–Trinajstić information content (AvgIpc) is 2.64. The van der Waals surface area contributed by atoms with Crippen LogP contribution in [0, 0.1) is 0 Å². The van der Waals surface area contributed by atoms with Crippen molar-refractivity contribution in [2.45, 2.75) is 26.3 Å². The first-order valence-corrected chi connectivity index (χ1v) is 5.41. The number of benzene rings is 1. The van der Waals surface area contributed by atoms with Crippen molar-refractivity contribution >= 4 is 11.0 Å². The van der Waals surface area contributed by atoms with Gasteiger partial charge in [0.2, 0.25) is 0 Å². The van der Waals surface area contributed by atoms with Gasteiger partial charge in [0.1, 0.15) is 0 Å². The number of nitrogens with zero attached hydrogens (tertiary/aromatic N) is 1. The molecule has 15 heavy (non-hydrogen) atoms. The predicted octanol–water partition coefficient (Wildman–Crippen LogP) is 2.10. The van der Waals surface area contributed by atoms with Gasteiger partial charge in [-0.3, -0.25) is 0 Å². The monoisotopic (exact) mass is 203 g/mol. The second kappa shape index (κ2) is 4.45. The fraction of sp³-hybridized carbons (Fsp3) is 0.417. The molecular formula is C12H17N3. The van der Waals surface area contributed by atoms with Crippen molar-refractivity contribution in [3.05, 3.63) is 30.1 Å². The second-order valence-corrected chi connectivity index (χ2v) is 4.11. The van der Waals surface area contributed by atoms with Gasteiger partial charge in [-0.1, -0.05) is 19.9 Å². The number of aromatic nitrogens is 2. The molecule has 0 aliphatic heterocycles. The fourth-order valence-electron chi connectivity index (χ4n) is 1.64. The quantitative estimate of drug-likeness (QED) is 0.799. The number of nitrogens with one attached hydrogen (secondary N) is 2. The first-order chi connectivity index (χ1) is 7.25. The molecule has 0 fully saturated rings.